The third kappa shape index (κ3) is 6.68. The molecule has 0 aromatic heterocycles. The molecule has 0 aromatic rings. The molecule has 1 atom stereocenters. The second-order valence-corrected chi connectivity index (χ2v) is 4.55. The monoisotopic (exact) mass is 279 g/mol. The number of quaternary nitrogens is 1. The van der Waals surface area contributed by atoms with Gasteiger partial charge in [-0.1, -0.05) is 13.5 Å². The highest BCUT2D eigenvalue weighted by atomic mass is 79.9. The second-order valence-electron chi connectivity index (χ2n) is 4.55. The van der Waals surface area contributed by atoms with E-state index in [0.717, 1.165) is 12.8 Å². The van der Waals surface area contributed by atoms with Crippen molar-refractivity contribution in [1.82, 2.24) is 0 Å². The van der Waals surface area contributed by atoms with Gasteiger partial charge in [0.15, 0.2) is 0 Å². The molecule has 15 heavy (non-hydrogen) atoms. The van der Waals surface area contributed by atoms with Crippen LogP contribution < -0.4 is 17.0 Å². The van der Waals surface area contributed by atoms with Gasteiger partial charge >= 0.3 is 5.97 Å². The molecule has 4 heteroatoms. The van der Waals surface area contributed by atoms with E-state index in [4.69, 9.17) is 4.74 Å². The van der Waals surface area contributed by atoms with Crippen LogP contribution in [0, 0.1) is 0 Å². The second kappa shape index (κ2) is 7.01. The van der Waals surface area contributed by atoms with Crippen LogP contribution in [0.15, 0.2) is 12.2 Å². The molecule has 0 saturated heterocycles. The Morgan fingerprint density at radius 1 is 1.40 bits per heavy atom. The number of rotatable bonds is 5. The van der Waals surface area contributed by atoms with Crippen LogP contribution >= 0.6 is 0 Å². The Morgan fingerprint density at radius 2 is 1.87 bits per heavy atom. The summed E-state index contributed by atoms with van der Waals surface area (Å²) in [5, 5.41) is 0. The zero-order valence-corrected chi connectivity index (χ0v) is 11.9. The zero-order valence-electron chi connectivity index (χ0n) is 10.3. The maximum absolute atomic E-state index is 11.3. The quantitative estimate of drug-likeness (QED) is 0.278. The number of ether oxygens (including phenoxy) is 1. The van der Waals surface area contributed by atoms with Crippen LogP contribution in [0.2, 0.25) is 0 Å². The van der Waals surface area contributed by atoms with Gasteiger partial charge in [0, 0.05) is 12.0 Å². The van der Waals surface area contributed by atoms with Gasteiger partial charge in [-0.2, -0.15) is 0 Å². The molecular weight excluding hydrogens is 258 g/mol. The highest BCUT2D eigenvalue weighted by Crippen LogP contribution is 2.13. The molecule has 0 aliphatic carbocycles. The first-order valence-corrected chi connectivity index (χ1v) is 4.96. The van der Waals surface area contributed by atoms with Gasteiger partial charge in [-0.25, -0.2) is 4.79 Å². The summed E-state index contributed by atoms with van der Waals surface area (Å²) in [4.78, 5) is 11.3. The van der Waals surface area contributed by atoms with E-state index < -0.39 is 0 Å². The molecule has 90 valence electrons. The SMILES string of the molecule is C=C(C)C(=O)OC(CCC)[N+](C)(C)C.[Br-]. The van der Waals surface area contributed by atoms with Crippen LogP contribution in [0.5, 0.6) is 0 Å². The molecule has 0 amide bonds. The lowest BCUT2D eigenvalue weighted by atomic mass is 10.2. The first kappa shape index (κ1) is 17.1. The minimum Gasteiger partial charge on any atom is -1.00 e. The van der Waals surface area contributed by atoms with E-state index in [1.54, 1.807) is 6.92 Å². The first-order valence-electron chi connectivity index (χ1n) is 4.96. The Morgan fingerprint density at radius 3 is 2.13 bits per heavy atom. The van der Waals surface area contributed by atoms with E-state index >= 15 is 0 Å². The molecule has 0 radical (unpaired) electrons. The highest BCUT2D eigenvalue weighted by Gasteiger charge is 2.26. The number of halogens is 1. The molecule has 0 aliphatic rings. The Labute approximate surface area is 103 Å². The normalized spacial score (nSPS) is 12.6. The lowest BCUT2D eigenvalue weighted by Gasteiger charge is -2.32. The average molecular weight is 280 g/mol. The van der Waals surface area contributed by atoms with Gasteiger partial charge in [0.2, 0.25) is 6.23 Å². The summed E-state index contributed by atoms with van der Waals surface area (Å²) in [5.74, 6) is -0.295. The van der Waals surface area contributed by atoms with Crippen molar-refractivity contribution < 1.29 is 31.0 Å². The van der Waals surface area contributed by atoms with E-state index in [1.807, 2.05) is 21.1 Å². The number of nitrogens with zero attached hydrogens (tertiary/aromatic N) is 1. The summed E-state index contributed by atoms with van der Waals surface area (Å²) in [5.41, 5.74) is 0.458. The van der Waals surface area contributed by atoms with Crippen LogP contribution in [-0.2, 0) is 9.53 Å². The number of hydrogen-bond donors (Lipinski definition) is 0. The number of hydrogen-bond acceptors (Lipinski definition) is 2. The van der Waals surface area contributed by atoms with Gasteiger partial charge in [-0.15, -0.1) is 0 Å². The predicted octanol–water partition coefficient (Wildman–Crippen LogP) is -1.06. The van der Waals surface area contributed by atoms with Crippen molar-refractivity contribution in [2.75, 3.05) is 21.1 Å². The standard InChI is InChI=1S/C11H22NO2.BrH/c1-7-8-10(12(4,5)6)14-11(13)9(2)3;/h10H,2,7-8H2,1,3-6H3;1H/q+1;/p-1. The largest absolute Gasteiger partial charge is 1.00 e. The molecule has 0 spiro atoms. The van der Waals surface area contributed by atoms with Gasteiger partial charge in [0.1, 0.15) is 0 Å². The summed E-state index contributed by atoms with van der Waals surface area (Å²) >= 11 is 0. The minimum atomic E-state index is -0.295. The molecule has 0 fully saturated rings. The van der Waals surface area contributed by atoms with Gasteiger partial charge < -0.3 is 21.7 Å². The fraction of sp³-hybridized carbons (Fsp3) is 0.727. The lowest BCUT2D eigenvalue weighted by Crippen LogP contribution is -3.00. The Balaban J connectivity index is 0. The van der Waals surface area contributed by atoms with Crippen molar-refractivity contribution in [2.45, 2.75) is 32.9 Å². The summed E-state index contributed by atoms with van der Waals surface area (Å²) in [7, 11) is 6.06. The van der Waals surface area contributed by atoms with E-state index in [2.05, 4.69) is 13.5 Å². The molecular formula is C11H22BrNO2. The maximum atomic E-state index is 11.3. The van der Waals surface area contributed by atoms with Crippen LogP contribution in [0.4, 0.5) is 0 Å². The van der Waals surface area contributed by atoms with Crippen LogP contribution in [0.25, 0.3) is 0 Å². The van der Waals surface area contributed by atoms with Crippen molar-refractivity contribution in [3.05, 3.63) is 12.2 Å². The summed E-state index contributed by atoms with van der Waals surface area (Å²) in [6.07, 6.45) is 1.80. The maximum Gasteiger partial charge on any atom is 0.337 e. The van der Waals surface area contributed by atoms with Gasteiger partial charge in [-0.3, -0.25) is 4.48 Å². The summed E-state index contributed by atoms with van der Waals surface area (Å²) < 4.78 is 5.98. The summed E-state index contributed by atoms with van der Waals surface area (Å²) in [6.45, 7) is 7.32. The molecule has 0 N–H and O–H groups in total. The molecule has 0 heterocycles. The molecule has 3 nitrogen and oxygen atoms in total. The van der Waals surface area contributed by atoms with Gasteiger partial charge in [0.25, 0.3) is 0 Å². The van der Waals surface area contributed by atoms with Crippen LogP contribution in [0.1, 0.15) is 26.7 Å². The van der Waals surface area contributed by atoms with Crippen molar-refractivity contribution in [2.24, 2.45) is 0 Å². The number of carbonyl (C=O) groups excluding carboxylic acids is 1. The third-order valence-electron chi connectivity index (χ3n) is 1.99. The van der Waals surface area contributed by atoms with Crippen molar-refractivity contribution in [3.8, 4) is 0 Å². The molecule has 0 aliphatic heterocycles. The Kier molecular flexibility index (Phi) is 7.97. The zero-order chi connectivity index (χ0) is 11.4. The topological polar surface area (TPSA) is 26.3 Å². The highest BCUT2D eigenvalue weighted by molar-refractivity contribution is 5.86. The van der Waals surface area contributed by atoms with E-state index in [1.165, 1.54) is 0 Å². The Hall–Kier alpha value is -0.350. The minimum absolute atomic E-state index is 0. The number of carbonyl (C=O) groups is 1. The summed E-state index contributed by atoms with van der Waals surface area (Å²) in [6, 6.07) is 0. The fourth-order valence-corrected chi connectivity index (χ4v) is 1.08. The first-order chi connectivity index (χ1) is 6.29. The van der Waals surface area contributed by atoms with E-state index in [-0.39, 0.29) is 29.2 Å². The smallest absolute Gasteiger partial charge is 0.337 e. The lowest BCUT2D eigenvalue weighted by molar-refractivity contribution is -0.917. The molecule has 0 rings (SSSR count). The predicted molar refractivity (Wildman–Crippen MR) is 57.6 cm³/mol. The van der Waals surface area contributed by atoms with Crippen molar-refractivity contribution >= 4 is 5.97 Å². The molecule has 0 saturated carbocycles. The fourth-order valence-electron chi connectivity index (χ4n) is 1.08. The Bertz CT molecular complexity index is 221. The van der Waals surface area contributed by atoms with Gasteiger partial charge in [0.05, 0.1) is 21.1 Å². The van der Waals surface area contributed by atoms with Crippen molar-refractivity contribution in [3.63, 3.8) is 0 Å². The van der Waals surface area contributed by atoms with E-state index in [9.17, 15) is 4.79 Å². The molecule has 0 bridgehead atoms. The molecule has 1 unspecified atom stereocenters. The van der Waals surface area contributed by atoms with Crippen LogP contribution in [0.3, 0.4) is 0 Å². The molecule has 0 aromatic carbocycles. The number of esters is 1. The van der Waals surface area contributed by atoms with Crippen molar-refractivity contribution in [1.29, 1.82) is 0 Å². The van der Waals surface area contributed by atoms with Crippen LogP contribution in [-0.4, -0.2) is 37.8 Å². The van der Waals surface area contributed by atoms with Gasteiger partial charge in [-0.05, 0) is 13.3 Å². The average Bonchev–Trinajstić information content (AvgIpc) is 2.01. The third-order valence-corrected chi connectivity index (χ3v) is 1.99. The van der Waals surface area contributed by atoms with E-state index in [0.29, 0.717) is 10.1 Å².